The van der Waals surface area contributed by atoms with Crippen LogP contribution in [0.5, 0.6) is 0 Å². The number of hydrogen-bond acceptors (Lipinski definition) is 0. The second-order valence-corrected chi connectivity index (χ2v) is 4.54. The third-order valence-electron chi connectivity index (χ3n) is 0.504. The summed E-state index contributed by atoms with van der Waals surface area (Å²) in [5, 5.41) is 0. The van der Waals surface area contributed by atoms with Crippen molar-refractivity contribution in [2.75, 3.05) is 0 Å². The van der Waals surface area contributed by atoms with Gasteiger partial charge in [-0.2, -0.15) is 13.2 Å². The fourth-order valence-electron chi connectivity index (χ4n) is 0.143. The van der Waals surface area contributed by atoms with Crippen molar-refractivity contribution in [2.24, 2.45) is 0 Å². The van der Waals surface area contributed by atoms with Crippen LogP contribution in [-0.4, -0.2) is 9.97 Å². The van der Waals surface area contributed by atoms with Crippen molar-refractivity contribution in [3.8, 4) is 0 Å². The number of allylic oxidation sites excluding steroid dienone is 2. The Kier molecular flexibility index (Phi) is 9.71. The Morgan fingerprint density at radius 1 is 0.786 bits per heavy atom. The van der Waals surface area contributed by atoms with Crippen molar-refractivity contribution in [2.45, 2.75) is 9.97 Å². The highest BCUT2D eigenvalue weighted by Crippen LogP contribution is 2.27. The number of hydrogen-bond donors (Lipinski definition) is 0. The van der Waals surface area contributed by atoms with Crippen molar-refractivity contribution in [1.82, 2.24) is 0 Å². The molecule has 0 nitrogen and oxygen atoms in total. The van der Waals surface area contributed by atoms with E-state index in [-0.39, 0.29) is 6.08 Å². The highest BCUT2D eigenvalue weighted by atomic mass is 35.6. The van der Waals surface area contributed by atoms with E-state index in [4.69, 9.17) is 46.4 Å². The zero-order valence-corrected chi connectivity index (χ0v) is 10.1. The SMILES string of the molecule is ClC=CC(Cl)(Cl)Cl.FC(F)(F)C=CCl. The average molecular weight is 310 g/mol. The average Bonchev–Trinajstić information content (AvgIpc) is 1.81. The quantitative estimate of drug-likeness (QED) is 0.525. The van der Waals surface area contributed by atoms with Gasteiger partial charge in [-0.1, -0.05) is 58.0 Å². The summed E-state index contributed by atoms with van der Waals surface area (Å²) >= 11 is 25.2. The van der Waals surface area contributed by atoms with Gasteiger partial charge in [0.05, 0.1) is 0 Å². The van der Waals surface area contributed by atoms with E-state index in [0.717, 1.165) is 5.54 Å². The van der Waals surface area contributed by atoms with Gasteiger partial charge in [-0.3, -0.25) is 0 Å². The molecule has 0 aromatic rings. The molecule has 84 valence electrons. The summed E-state index contributed by atoms with van der Waals surface area (Å²) in [6.45, 7) is 0. The molecule has 0 amide bonds. The summed E-state index contributed by atoms with van der Waals surface area (Å²) in [4.78, 5) is 0. The standard InChI is InChI=1S/C3H2Cl4.C3H2ClF3/c2*4-2-1-3(5,6)7/h2*1-2H. The molecule has 0 heterocycles. The molecule has 0 atom stereocenters. The first-order valence-electron chi connectivity index (χ1n) is 2.81. The fraction of sp³-hybridized carbons (Fsp3) is 0.333. The van der Waals surface area contributed by atoms with Gasteiger partial charge in [-0.15, -0.1) is 0 Å². The summed E-state index contributed by atoms with van der Waals surface area (Å²) < 4.78 is 31.3. The molecule has 0 radical (unpaired) electrons. The van der Waals surface area contributed by atoms with E-state index in [1.165, 1.54) is 6.08 Å². The highest BCUT2D eigenvalue weighted by molar-refractivity contribution is 6.69. The maximum absolute atomic E-state index is 10.9. The van der Waals surface area contributed by atoms with Crippen LogP contribution in [0, 0.1) is 0 Å². The van der Waals surface area contributed by atoms with E-state index >= 15 is 0 Å². The highest BCUT2D eigenvalue weighted by Gasteiger charge is 2.21. The molecule has 0 unspecified atom stereocenters. The van der Waals surface area contributed by atoms with Crippen LogP contribution in [0.3, 0.4) is 0 Å². The van der Waals surface area contributed by atoms with Crippen LogP contribution in [0.4, 0.5) is 13.2 Å². The first-order chi connectivity index (χ1) is 6.12. The Balaban J connectivity index is 0. The van der Waals surface area contributed by atoms with Gasteiger partial charge in [-0.05, 0) is 6.08 Å². The molecule has 0 saturated heterocycles. The van der Waals surface area contributed by atoms with Gasteiger partial charge in [0, 0.05) is 17.1 Å². The molecular weight excluding hydrogens is 306 g/mol. The minimum absolute atomic E-state index is 0.0471. The van der Waals surface area contributed by atoms with Crippen LogP contribution >= 0.6 is 58.0 Å². The summed E-state index contributed by atoms with van der Waals surface area (Å²) in [6, 6.07) is 0. The molecule has 0 aromatic heterocycles. The Morgan fingerprint density at radius 2 is 1.14 bits per heavy atom. The first-order valence-corrected chi connectivity index (χ1v) is 4.82. The van der Waals surface area contributed by atoms with Gasteiger partial charge in [0.2, 0.25) is 3.79 Å². The van der Waals surface area contributed by atoms with E-state index < -0.39 is 9.97 Å². The van der Waals surface area contributed by atoms with Gasteiger partial charge in [0.1, 0.15) is 0 Å². The molecule has 8 heteroatoms. The van der Waals surface area contributed by atoms with Gasteiger partial charge in [0.25, 0.3) is 0 Å². The van der Waals surface area contributed by atoms with E-state index in [2.05, 4.69) is 11.6 Å². The lowest BCUT2D eigenvalue weighted by Gasteiger charge is -1.98. The van der Waals surface area contributed by atoms with E-state index in [0.29, 0.717) is 5.54 Å². The molecule has 0 saturated carbocycles. The predicted molar refractivity (Wildman–Crippen MR) is 56.3 cm³/mol. The third kappa shape index (κ3) is 23.0. The first kappa shape index (κ1) is 17.1. The zero-order chi connectivity index (χ0) is 11.8. The lowest BCUT2D eigenvalue weighted by atomic mass is 10.6. The van der Waals surface area contributed by atoms with Gasteiger partial charge >= 0.3 is 6.18 Å². The van der Waals surface area contributed by atoms with Crippen LogP contribution in [0.2, 0.25) is 0 Å². The lowest BCUT2D eigenvalue weighted by Crippen LogP contribution is -1.99. The summed E-state index contributed by atoms with van der Waals surface area (Å²) in [6.07, 6.45) is -3.06. The van der Waals surface area contributed by atoms with Crippen LogP contribution in [0.15, 0.2) is 23.2 Å². The van der Waals surface area contributed by atoms with Gasteiger partial charge < -0.3 is 0 Å². The van der Waals surface area contributed by atoms with E-state index in [1.54, 1.807) is 0 Å². The van der Waals surface area contributed by atoms with Gasteiger partial charge in [-0.25, -0.2) is 0 Å². The number of halogens is 8. The molecule has 0 rings (SSSR count). The predicted octanol–water partition coefficient (Wildman–Crippen LogP) is 5.41. The number of rotatable bonds is 0. The molecule has 0 aliphatic rings. The Labute approximate surface area is 104 Å². The van der Waals surface area contributed by atoms with Crippen LogP contribution in [0.1, 0.15) is 0 Å². The Hall–Kier alpha value is 0.720. The van der Waals surface area contributed by atoms with Crippen molar-refractivity contribution in [3.05, 3.63) is 23.2 Å². The van der Waals surface area contributed by atoms with Gasteiger partial charge in [0.15, 0.2) is 0 Å². The molecule has 0 N–H and O–H groups in total. The Morgan fingerprint density at radius 3 is 1.14 bits per heavy atom. The van der Waals surface area contributed by atoms with Crippen LogP contribution < -0.4 is 0 Å². The monoisotopic (exact) mass is 308 g/mol. The summed E-state index contributed by atoms with van der Waals surface area (Å²) in [5.74, 6) is 0. The lowest BCUT2D eigenvalue weighted by molar-refractivity contribution is -0.0796. The zero-order valence-electron chi connectivity index (χ0n) is 6.33. The van der Waals surface area contributed by atoms with Crippen molar-refractivity contribution < 1.29 is 13.2 Å². The van der Waals surface area contributed by atoms with Crippen molar-refractivity contribution >= 4 is 58.0 Å². The smallest absolute Gasteiger partial charge is 0.167 e. The molecular formula is C6H4Cl5F3. The van der Waals surface area contributed by atoms with E-state index in [1.807, 2.05) is 0 Å². The second-order valence-electron chi connectivity index (χ2n) is 1.67. The normalized spacial score (nSPS) is 13.1. The second kappa shape index (κ2) is 7.94. The Bertz CT molecular complexity index is 169. The maximum atomic E-state index is 10.9. The summed E-state index contributed by atoms with van der Waals surface area (Å²) in [7, 11) is 0. The van der Waals surface area contributed by atoms with Crippen LogP contribution in [-0.2, 0) is 0 Å². The minimum atomic E-state index is -4.26. The molecule has 0 aromatic carbocycles. The number of alkyl halides is 6. The van der Waals surface area contributed by atoms with E-state index in [9.17, 15) is 13.2 Å². The molecule has 0 spiro atoms. The molecule has 14 heavy (non-hydrogen) atoms. The third-order valence-corrected chi connectivity index (χ3v) is 1.13. The molecule has 0 aliphatic carbocycles. The maximum Gasteiger partial charge on any atom is 0.410 e. The van der Waals surface area contributed by atoms with Crippen molar-refractivity contribution in [1.29, 1.82) is 0 Å². The summed E-state index contributed by atoms with van der Waals surface area (Å²) in [5.41, 5.74) is 1.59. The van der Waals surface area contributed by atoms with Crippen molar-refractivity contribution in [3.63, 3.8) is 0 Å². The molecule has 0 fully saturated rings. The largest absolute Gasteiger partial charge is 0.410 e. The minimum Gasteiger partial charge on any atom is -0.167 e. The van der Waals surface area contributed by atoms with Crippen LogP contribution in [0.25, 0.3) is 0 Å². The molecule has 0 aliphatic heterocycles. The topological polar surface area (TPSA) is 0 Å². The molecule has 0 bridgehead atoms. The fourth-order valence-corrected chi connectivity index (χ4v) is 0.857.